The van der Waals surface area contributed by atoms with Crippen molar-refractivity contribution in [3.05, 3.63) is 54.1 Å². The number of carbonyl (C=O) groups excluding carboxylic acids is 1. The van der Waals surface area contributed by atoms with Gasteiger partial charge in [0, 0.05) is 43.5 Å². The van der Waals surface area contributed by atoms with Crippen LogP contribution in [0.2, 0.25) is 0 Å². The Hall–Kier alpha value is -2.55. The van der Waals surface area contributed by atoms with Gasteiger partial charge in [0.25, 0.3) is 5.91 Å². The van der Waals surface area contributed by atoms with Crippen LogP contribution in [0.5, 0.6) is 0 Å². The molecule has 5 N–H and O–H groups in total. The molecule has 0 aliphatic carbocycles. The van der Waals surface area contributed by atoms with E-state index in [0.717, 1.165) is 43.0 Å². The number of carboxylic acid groups (broad SMARTS) is 1. The van der Waals surface area contributed by atoms with E-state index in [1.807, 2.05) is 48.7 Å². The predicted octanol–water partition coefficient (Wildman–Crippen LogP) is 2.26. The highest BCUT2D eigenvalue weighted by Gasteiger charge is 2.22. The summed E-state index contributed by atoms with van der Waals surface area (Å²) < 4.78 is 0. The van der Waals surface area contributed by atoms with E-state index >= 15 is 0 Å². The van der Waals surface area contributed by atoms with Crippen molar-refractivity contribution in [1.82, 2.24) is 16.0 Å². The lowest BCUT2D eigenvalue weighted by atomic mass is 9.98. The van der Waals surface area contributed by atoms with Crippen LogP contribution in [0.3, 0.4) is 0 Å². The molecule has 2 aromatic carbocycles. The van der Waals surface area contributed by atoms with E-state index in [1.54, 1.807) is 17.8 Å². The fourth-order valence-corrected chi connectivity index (χ4v) is 4.01. The number of hydrogen-bond acceptors (Lipinski definition) is 6. The van der Waals surface area contributed by atoms with Crippen LogP contribution in [0.4, 0.5) is 5.69 Å². The molecule has 0 saturated carbocycles. The molecule has 0 radical (unpaired) electrons. The standard InChI is InChI=1S/C23H30N4O3S/c1-31-12-9-21(23(29)30)27-22(28)19-8-7-17(26-15-18-14-24-10-11-25-18)13-20(19)16-5-3-2-4-6-16/h2-8,13,18,21,24-26H,9-12,14-15H2,1H3,(H,27,28)(H,29,30)/t18?,21-/m0/s1. The summed E-state index contributed by atoms with van der Waals surface area (Å²) >= 11 is 1.56. The van der Waals surface area contributed by atoms with Crippen LogP contribution in [0.25, 0.3) is 11.1 Å². The van der Waals surface area contributed by atoms with Crippen molar-refractivity contribution in [3.63, 3.8) is 0 Å². The molecule has 166 valence electrons. The third kappa shape index (κ3) is 6.72. The summed E-state index contributed by atoms with van der Waals surface area (Å²) in [5, 5.41) is 22.4. The smallest absolute Gasteiger partial charge is 0.326 e. The Morgan fingerprint density at radius 3 is 2.68 bits per heavy atom. The van der Waals surface area contributed by atoms with Crippen LogP contribution in [0, 0.1) is 0 Å². The van der Waals surface area contributed by atoms with E-state index in [9.17, 15) is 14.7 Å². The van der Waals surface area contributed by atoms with Gasteiger partial charge < -0.3 is 26.4 Å². The number of anilines is 1. The van der Waals surface area contributed by atoms with Gasteiger partial charge in [-0.3, -0.25) is 4.79 Å². The van der Waals surface area contributed by atoms with Crippen LogP contribution < -0.4 is 21.3 Å². The number of rotatable bonds is 10. The molecule has 31 heavy (non-hydrogen) atoms. The Morgan fingerprint density at radius 2 is 2.00 bits per heavy atom. The van der Waals surface area contributed by atoms with Crippen molar-refractivity contribution >= 4 is 29.3 Å². The fourth-order valence-electron chi connectivity index (χ4n) is 3.54. The molecule has 1 heterocycles. The number of piperazine rings is 1. The molecule has 0 spiro atoms. The fraction of sp³-hybridized carbons (Fsp3) is 0.391. The highest BCUT2D eigenvalue weighted by Crippen LogP contribution is 2.27. The normalized spacial score (nSPS) is 17.0. The molecule has 1 saturated heterocycles. The van der Waals surface area contributed by atoms with Crippen molar-refractivity contribution in [2.75, 3.05) is 43.5 Å². The summed E-state index contributed by atoms with van der Waals surface area (Å²) in [5.74, 6) is -0.733. The largest absolute Gasteiger partial charge is 0.480 e. The number of thioether (sulfide) groups is 1. The van der Waals surface area contributed by atoms with Gasteiger partial charge in [-0.15, -0.1) is 0 Å². The summed E-state index contributed by atoms with van der Waals surface area (Å²) in [4.78, 5) is 24.6. The number of carbonyl (C=O) groups is 2. The molecule has 7 nitrogen and oxygen atoms in total. The molecule has 0 bridgehead atoms. The summed E-state index contributed by atoms with van der Waals surface area (Å²) in [6, 6.07) is 14.7. The monoisotopic (exact) mass is 442 g/mol. The third-order valence-corrected chi connectivity index (χ3v) is 5.89. The van der Waals surface area contributed by atoms with Gasteiger partial charge in [0.2, 0.25) is 0 Å². The van der Waals surface area contributed by atoms with E-state index in [2.05, 4.69) is 21.3 Å². The first-order valence-corrected chi connectivity index (χ1v) is 11.9. The number of nitrogens with one attached hydrogen (secondary N) is 4. The molecule has 1 amide bonds. The molecule has 1 aliphatic heterocycles. The molecule has 2 atom stereocenters. The molecule has 8 heteroatoms. The first-order valence-electron chi connectivity index (χ1n) is 10.5. The Balaban J connectivity index is 1.81. The van der Waals surface area contributed by atoms with Crippen LogP contribution in [0.1, 0.15) is 16.8 Å². The summed E-state index contributed by atoms with van der Waals surface area (Å²) in [5.41, 5.74) is 3.06. The second kappa shape index (κ2) is 11.7. The number of amides is 1. The Kier molecular flexibility index (Phi) is 8.75. The SMILES string of the molecule is CSCC[C@H](NC(=O)c1ccc(NCC2CNCCN2)cc1-c1ccccc1)C(=O)O. The van der Waals surface area contributed by atoms with Crippen molar-refractivity contribution in [1.29, 1.82) is 0 Å². The van der Waals surface area contributed by atoms with E-state index in [-0.39, 0.29) is 5.91 Å². The van der Waals surface area contributed by atoms with Gasteiger partial charge in [-0.1, -0.05) is 30.3 Å². The van der Waals surface area contributed by atoms with Gasteiger partial charge >= 0.3 is 5.97 Å². The molecule has 1 aliphatic rings. The average molecular weight is 443 g/mol. The summed E-state index contributed by atoms with van der Waals surface area (Å²) in [6.07, 6.45) is 2.30. The van der Waals surface area contributed by atoms with Gasteiger partial charge in [0.05, 0.1) is 0 Å². The number of carboxylic acids is 1. The van der Waals surface area contributed by atoms with Crippen LogP contribution in [-0.2, 0) is 4.79 Å². The Bertz CT molecular complexity index is 872. The van der Waals surface area contributed by atoms with E-state index in [1.165, 1.54) is 0 Å². The molecule has 1 fully saturated rings. The molecule has 1 unspecified atom stereocenters. The lowest BCUT2D eigenvalue weighted by molar-refractivity contribution is -0.139. The highest BCUT2D eigenvalue weighted by molar-refractivity contribution is 7.98. The molecular weight excluding hydrogens is 412 g/mol. The number of hydrogen-bond donors (Lipinski definition) is 5. The minimum absolute atomic E-state index is 0.338. The number of aliphatic carboxylic acids is 1. The van der Waals surface area contributed by atoms with Crippen molar-refractivity contribution < 1.29 is 14.7 Å². The van der Waals surface area contributed by atoms with Gasteiger partial charge in [-0.05, 0) is 47.8 Å². The van der Waals surface area contributed by atoms with Crippen molar-refractivity contribution in [2.45, 2.75) is 18.5 Å². The van der Waals surface area contributed by atoms with Crippen molar-refractivity contribution in [3.8, 4) is 11.1 Å². The maximum Gasteiger partial charge on any atom is 0.326 e. The van der Waals surface area contributed by atoms with E-state index < -0.39 is 12.0 Å². The van der Waals surface area contributed by atoms with Crippen LogP contribution >= 0.6 is 11.8 Å². The molecular formula is C23H30N4O3S. The second-order valence-electron chi connectivity index (χ2n) is 7.51. The van der Waals surface area contributed by atoms with E-state index in [4.69, 9.17) is 0 Å². The van der Waals surface area contributed by atoms with Gasteiger partial charge in [0.15, 0.2) is 0 Å². The predicted molar refractivity (Wildman–Crippen MR) is 127 cm³/mol. The van der Waals surface area contributed by atoms with Crippen LogP contribution in [-0.4, -0.2) is 67.3 Å². The average Bonchev–Trinajstić information content (AvgIpc) is 2.81. The Morgan fingerprint density at radius 1 is 1.19 bits per heavy atom. The first-order chi connectivity index (χ1) is 15.1. The van der Waals surface area contributed by atoms with Gasteiger partial charge in [0.1, 0.15) is 6.04 Å². The van der Waals surface area contributed by atoms with Crippen molar-refractivity contribution in [2.24, 2.45) is 0 Å². The zero-order valence-corrected chi connectivity index (χ0v) is 18.5. The molecule has 2 aromatic rings. The molecule has 0 aromatic heterocycles. The lowest BCUT2D eigenvalue weighted by Crippen LogP contribution is -2.51. The first kappa shape index (κ1) is 23.1. The Labute approximate surface area is 187 Å². The van der Waals surface area contributed by atoms with Crippen LogP contribution in [0.15, 0.2) is 48.5 Å². The van der Waals surface area contributed by atoms with E-state index in [0.29, 0.717) is 23.8 Å². The number of benzene rings is 2. The summed E-state index contributed by atoms with van der Waals surface area (Å²) in [6.45, 7) is 3.60. The molecule has 3 rings (SSSR count). The highest BCUT2D eigenvalue weighted by atomic mass is 32.2. The van der Waals surface area contributed by atoms with Gasteiger partial charge in [-0.25, -0.2) is 4.79 Å². The topological polar surface area (TPSA) is 102 Å². The zero-order valence-electron chi connectivity index (χ0n) is 17.7. The van der Waals surface area contributed by atoms with Gasteiger partial charge in [-0.2, -0.15) is 11.8 Å². The summed E-state index contributed by atoms with van der Waals surface area (Å²) in [7, 11) is 0. The lowest BCUT2D eigenvalue weighted by Gasteiger charge is -2.25. The zero-order chi connectivity index (χ0) is 22.1. The maximum absolute atomic E-state index is 13.0. The third-order valence-electron chi connectivity index (χ3n) is 5.24. The minimum Gasteiger partial charge on any atom is -0.480 e. The maximum atomic E-state index is 13.0. The second-order valence-corrected chi connectivity index (χ2v) is 8.49. The quantitative estimate of drug-likeness (QED) is 0.385. The minimum atomic E-state index is -1.02.